The van der Waals surface area contributed by atoms with Gasteiger partial charge in [-0.2, -0.15) is 5.26 Å². The lowest BCUT2D eigenvalue weighted by Gasteiger charge is -2.54. The topological polar surface area (TPSA) is 146 Å². The Morgan fingerprint density at radius 3 is 2.48 bits per heavy atom. The molecule has 11 nitrogen and oxygen atoms in total. The van der Waals surface area contributed by atoms with Gasteiger partial charge in [-0.3, -0.25) is 9.59 Å². The summed E-state index contributed by atoms with van der Waals surface area (Å²) in [6.07, 6.45) is 1.52. The molecule has 4 heterocycles. The summed E-state index contributed by atoms with van der Waals surface area (Å²) in [5.74, 6) is -0.154. The first-order chi connectivity index (χ1) is 23.1. The zero-order chi connectivity index (χ0) is 34.0. The van der Waals surface area contributed by atoms with Gasteiger partial charge < -0.3 is 34.8 Å². The molecule has 3 aliphatic rings. The normalized spacial score (nSPS) is 21.9. The standard InChI is InChI=1S/C37H46N6O5/c1-24(2)34(32-19-33(40-48-32)42-22-37(23-42)12-14-41(15-13-37)16-17-44)36(47)43-21-29(45)18-31(43)35(46)39-25(3)26-8-10-27(11-9-26)30-7-5-4-6-28(30)20-38/h4-11,19,24-25,29,31,34,44-45H,12-18,21-23H2,1-3H3,(H,39,46)/t25-,29+,31-,34+/m0/s1. The van der Waals surface area contributed by atoms with Crippen LogP contribution in [0.25, 0.3) is 11.1 Å². The summed E-state index contributed by atoms with van der Waals surface area (Å²) in [5.41, 5.74) is 3.49. The Labute approximate surface area is 282 Å². The van der Waals surface area contributed by atoms with Crippen LogP contribution < -0.4 is 10.2 Å². The van der Waals surface area contributed by atoms with E-state index in [0.717, 1.165) is 68.1 Å². The number of carbonyl (C=O) groups excluding carboxylic acids is 2. The van der Waals surface area contributed by atoms with Crippen molar-refractivity contribution in [1.29, 1.82) is 5.26 Å². The maximum atomic E-state index is 14.1. The zero-order valence-electron chi connectivity index (χ0n) is 28.0. The van der Waals surface area contributed by atoms with E-state index in [0.29, 0.717) is 11.3 Å². The molecule has 0 aliphatic carbocycles. The molecule has 0 unspecified atom stereocenters. The van der Waals surface area contributed by atoms with Gasteiger partial charge in [-0.15, -0.1) is 0 Å². The van der Waals surface area contributed by atoms with Crippen molar-refractivity contribution < 1.29 is 24.3 Å². The third kappa shape index (κ3) is 6.83. The number of nitrogens with one attached hydrogen (secondary N) is 1. The molecule has 254 valence electrons. The van der Waals surface area contributed by atoms with Crippen LogP contribution in [-0.2, 0) is 9.59 Å². The van der Waals surface area contributed by atoms with E-state index in [-0.39, 0.29) is 48.8 Å². The molecular formula is C37H46N6O5. The molecule has 1 aromatic heterocycles. The summed E-state index contributed by atoms with van der Waals surface area (Å²) in [6, 6.07) is 18.1. The second-order valence-corrected chi connectivity index (χ2v) is 14.1. The van der Waals surface area contributed by atoms with Crippen molar-refractivity contribution in [2.24, 2.45) is 11.3 Å². The van der Waals surface area contributed by atoms with E-state index in [1.54, 1.807) is 6.07 Å². The van der Waals surface area contributed by atoms with Gasteiger partial charge in [0.05, 0.1) is 30.4 Å². The Hall–Kier alpha value is -4.24. The fourth-order valence-electron chi connectivity index (χ4n) is 7.61. The third-order valence-corrected chi connectivity index (χ3v) is 10.5. The molecule has 48 heavy (non-hydrogen) atoms. The van der Waals surface area contributed by atoms with Crippen molar-refractivity contribution in [1.82, 2.24) is 20.3 Å². The maximum Gasteiger partial charge on any atom is 0.243 e. The highest BCUT2D eigenvalue weighted by Gasteiger charge is 2.47. The summed E-state index contributed by atoms with van der Waals surface area (Å²) in [7, 11) is 0. The number of likely N-dealkylation sites (tertiary alicyclic amines) is 2. The average Bonchev–Trinajstić information content (AvgIpc) is 3.71. The molecule has 4 atom stereocenters. The highest BCUT2D eigenvalue weighted by atomic mass is 16.5. The first kappa shape index (κ1) is 33.7. The number of rotatable bonds is 10. The highest BCUT2D eigenvalue weighted by molar-refractivity contribution is 5.91. The van der Waals surface area contributed by atoms with Gasteiger partial charge in [0.15, 0.2) is 11.6 Å². The van der Waals surface area contributed by atoms with Crippen LogP contribution in [0, 0.1) is 22.7 Å². The number of amides is 2. The number of benzene rings is 2. The largest absolute Gasteiger partial charge is 0.395 e. The van der Waals surface area contributed by atoms with E-state index in [1.807, 2.05) is 69.3 Å². The second-order valence-electron chi connectivity index (χ2n) is 14.1. The van der Waals surface area contributed by atoms with Crippen LogP contribution in [-0.4, -0.2) is 95.0 Å². The van der Waals surface area contributed by atoms with E-state index in [2.05, 4.69) is 26.3 Å². The van der Waals surface area contributed by atoms with E-state index >= 15 is 0 Å². The van der Waals surface area contributed by atoms with Crippen LogP contribution >= 0.6 is 0 Å². The number of aromatic nitrogens is 1. The number of carbonyl (C=O) groups is 2. The molecule has 3 aromatic rings. The maximum absolute atomic E-state index is 14.1. The van der Waals surface area contributed by atoms with Crippen molar-refractivity contribution in [3.63, 3.8) is 0 Å². The quantitative estimate of drug-likeness (QED) is 0.298. The smallest absolute Gasteiger partial charge is 0.243 e. The Bertz CT molecular complexity index is 1630. The zero-order valence-corrected chi connectivity index (χ0v) is 28.0. The Kier molecular flexibility index (Phi) is 9.88. The first-order valence-corrected chi connectivity index (χ1v) is 17.0. The Balaban J connectivity index is 1.10. The number of nitrogens with zero attached hydrogens (tertiary/aromatic N) is 5. The van der Waals surface area contributed by atoms with Crippen molar-refractivity contribution in [3.05, 3.63) is 71.5 Å². The van der Waals surface area contributed by atoms with Gasteiger partial charge in [-0.25, -0.2) is 0 Å². The number of piperidine rings is 1. The Morgan fingerprint density at radius 1 is 1.10 bits per heavy atom. The monoisotopic (exact) mass is 654 g/mol. The molecule has 0 bridgehead atoms. The number of aliphatic hydroxyl groups is 2. The molecule has 6 rings (SSSR count). The summed E-state index contributed by atoms with van der Waals surface area (Å²) in [6.45, 7) is 10.5. The molecule has 2 aromatic carbocycles. The lowest BCUT2D eigenvalue weighted by Crippen LogP contribution is -2.60. The number of hydrogen-bond acceptors (Lipinski definition) is 9. The van der Waals surface area contributed by atoms with E-state index < -0.39 is 18.1 Å². The van der Waals surface area contributed by atoms with Crippen LogP contribution in [0.4, 0.5) is 5.82 Å². The number of anilines is 1. The van der Waals surface area contributed by atoms with Crippen LogP contribution in [0.1, 0.15) is 68.9 Å². The van der Waals surface area contributed by atoms with Gasteiger partial charge in [0.2, 0.25) is 11.8 Å². The summed E-state index contributed by atoms with van der Waals surface area (Å²) in [5, 5.41) is 36.7. The molecule has 0 saturated carbocycles. The van der Waals surface area contributed by atoms with Crippen molar-refractivity contribution >= 4 is 17.6 Å². The van der Waals surface area contributed by atoms with Gasteiger partial charge in [0, 0.05) is 44.1 Å². The first-order valence-electron chi connectivity index (χ1n) is 17.0. The lowest BCUT2D eigenvalue weighted by atomic mass is 9.72. The molecule has 3 aliphatic heterocycles. The molecule has 3 fully saturated rings. The number of β-amino-alcohol motifs (C(OH)–C–C–N with tert-alkyl or cyclic N) is 2. The predicted molar refractivity (Wildman–Crippen MR) is 181 cm³/mol. The molecule has 3 N–H and O–H groups in total. The molecule has 3 saturated heterocycles. The van der Waals surface area contributed by atoms with Crippen LogP contribution in [0.15, 0.2) is 59.1 Å². The SMILES string of the molecule is CC(C)[C@@H](C(=O)N1C[C@H](O)C[C@H]1C(=O)N[C@@H](C)c1ccc(-c2ccccc2C#N)cc1)c1cc(N2CC3(CCN(CCO)CC3)C2)no1. The highest BCUT2D eigenvalue weighted by Crippen LogP contribution is 2.43. The lowest BCUT2D eigenvalue weighted by molar-refractivity contribution is -0.141. The Morgan fingerprint density at radius 2 is 1.81 bits per heavy atom. The fraction of sp³-hybridized carbons (Fsp3) is 0.514. The van der Waals surface area contributed by atoms with Crippen LogP contribution in [0.5, 0.6) is 0 Å². The fourth-order valence-corrected chi connectivity index (χ4v) is 7.61. The molecular weight excluding hydrogens is 608 g/mol. The van der Waals surface area contributed by atoms with Crippen molar-refractivity contribution in [3.8, 4) is 17.2 Å². The molecule has 2 amide bonds. The van der Waals surface area contributed by atoms with Gasteiger partial charge in [0.1, 0.15) is 12.0 Å². The second kappa shape index (κ2) is 14.1. The van der Waals surface area contributed by atoms with E-state index in [4.69, 9.17) is 4.52 Å². The third-order valence-electron chi connectivity index (χ3n) is 10.5. The average molecular weight is 655 g/mol. The molecule has 11 heteroatoms. The van der Waals surface area contributed by atoms with Crippen LogP contribution in [0.2, 0.25) is 0 Å². The summed E-state index contributed by atoms with van der Waals surface area (Å²) < 4.78 is 5.80. The van der Waals surface area contributed by atoms with Gasteiger partial charge in [-0.1, -0.05) is 61.5 Å². The minimum absolute atomic E-state index is 0.0739. The number of aliphatic hydroxyl groups excluding tert-OH is 2. The number of hydrogen-bond donors (Lipinski definition) is 3. The van der Waals surface area contributed by atoms with Crippen molar-refractivity contribution in [2.45, 2.75) is 64.1 Å². The summed E-state index contributed by atoms with van der Waals surface area (Å²) in [4.78, 5) is 33.7. The van der Waals surface area contributed by atoms with Crippen molar-refractivity contribution in [2.75, 3.05) is 50.8 Å². The van der Waals surface area contributed by atoms with E-state index in [9.17, 15) is 25.1 Å². The molecule has 0 radical (unpaired) electrons. The van der Waals surface area contributed by atoms with E-state index in [1.165, 1.54) is 4.90 Å². The van der Waals surface area contributed by atoms with Gasteiger partial charge >= 0.3 is 0 Å². The molecule has 1 spiro atoms. The minimum Gasteiger partial charge on any atom is -0.395 e. The van der Waals surface area contributed by atoms with Gasteiger partial charge in [0.25, 0.3) is 0 Å². The van der Waals surface area contributed by atoms with Crippen LogP contribution in [0.3, 0.4) is 0 Å². The number of nitriles is 1. The summed E-state index contributed by atoms with van der Waals surface area (Å²) >= 11 is 0. The predicted octanol–water partition coefficient (Wildman–Crippen LogP) is 3.69. The minimum atomic E-state index is -0.813. The van der Waals surface area contributed by atoms with Gasteiger partial charge in [-0.05, 0) is 61.5 Å².